The summed E-state index contributed by atoms with van der Waals surface area (Å²) in [5.41, 5.74) is 0. The predicted molar refractivity (Wildman–Crippen MR) is 352 cm³/mol. The van der Waals surface area contributed by atoms with E-state index in [0.29, 0.717) is 25.9 Å². The third kappa shape index (κ3) is 65.7. The summed E-state index contributed by atoms with van der Waals surface area (Å²) in [6, 6.07) is -0.533. The molecule has 0 aromatic rings. The lowest BCUT2D eigenvalue weighted by Crippen LogP contribution is -2.45. The van der Waals surface area contributed by atoms with Crippen molar-refractivity contribution in [3.63, 3.8) is 0 Å². The van der Waals surface area contributed by atoms with Crippen LogP contribution in [-0.4, -0.2) is 47.4 Å². The predicted octanol–water partition coefficient (Wildman–Crippen LogP) is 23.9. The van der Waals surface area contributed by atoms with Crippen LogP contribution in [0, 0.1) is 0 Å². The van der Waals surface area contributed by atoms with Gasteiger partial charge in [-0.2, -0.15) is 0 Å². The van der Waals surface area contributed by atoms with E-state index in [2.05, 4.69) is 31.3 Å². The van der Waals surface area contributed by atoms with E-state index in [1.165, 1.54) is 347 Å². The van der Waals surface area contributed by atoms with Crippen molar-refractivity contribution >= 4 is 11.9 Å². The lowest BCUT2D eigenvalue weighted by atomic mass is 10.0. The number of carbonyl (C=O) groups excluding carboxylic acids is 2. The zero-order chi connectivity index (χ0) is 57.8. The first-order valence-electron chi connectivity index (χ1n) is 36.9. The van der Waals surface area contributed by atoms with Crippen LogP contribution in [0.15, 0.2) is 12.2 Å². The number of rotatable bonds is 70. The maximum atomic E-state index is 12.4. The number of hydrogen-bond acceptors (Lipinski definition) is 5. The number of amides is 1. The lowest BCUT2D eigenvalue weighted by molar-refractivity contribution is -0.143. The van der Waals surface area contributed by atoms with Gasteiger partial charge in [0.15, 0.2) is 0 Å². The van der Waals surface area contributed by atoms with E-state index in [1.807, 2.05) is 0 Å². The van der Waals surface area contributed by atoms with E-state index in [0.717, 1.165) is 44.9 Å². The number of nitrogens with one attached hydrogen (secondary N) is 1. The van der Waals surface area contributed by atoms with Gasteiger partial charge in [0.25, 0.3) is 0 Å². The molecule has 0 rings (SSSR count). The van der Waals surface area contributed by atoms with Crippen molar-refractivity contribution in [3.05, 3.63) is 12.2 Å². The molecule has 0 spiro atoms. The van der Waals surface area contributed by atoms with Gasteiger partial charge in [0, 0.05) is 12.8 Å². The van der Waals surface area contributed by atoms with Gasteiger partial charge in [-0.25, -0.2) is 0 Å². The first kappa shape index (κ1) is 78.6. The van der Waals surface area contributed by atoms with Gasteiger partial charge in [-0.1, -0.05) is 373 Å². The van der Waals surface area contributed by atoms with Crippen molar-refractivity contribution in [1.82, 2.24) is 5.32 Å². The van der Waals surface area contributed by atoms with Gasteiger partial charge in [0.05, 0.1) is 25.4 Å². The molecule has 3 N–H and O–H groups in total. The van der Waals surface area contributed by atoms with E-state index in [4.69, 9.17) is 4.74 Å². The van der Waals surface area contributed by atoms with Crippen LogP contribution in [0.25, 0.3) is 0 Å². The Bertz CT molecular complexity index is 1210. The van der Waals surface area contributed by atoms with Crippen LogP contribution < -0.4 is 5.32 Å². The van der Waals surface area contributed by atoms with Crippen LogP contribution in [0.1, 0.15) is 425 Å². The third-order valence-corrected chi connectivity index (χ3v) is 17.6. The fourth-order valence-corrected chi connectivity index (χ4v) is 11.9. The van der Waals surface area contributed by atoms with E-state index in [1.54, 1.807) is 0 Å². The Hall–Kier alpha value is -1.40. The van der Waals surface area contributed by atoms with Gasteiger partial charge in [0.1, 0.15) is 0 Å². The highest BCUT2D eigenvalue weighted by molar-refractivity contribution is 5.76. The smallest absolute Gasteiger partial charge is 0.305 e. The number of hydrogen-bond donors (Lipinski definition) is 3. The molecule has 0 aliphatic carbocycles. The van der Waals surface area contributed by atoms with Crippen molar-refractivity contribution in [2.24, 2.45) is 0 Å². The summed E-state index contributed by atoms with van der Waals surface area (Å²) >= 11 is 0. The molecule has 1 amide bonds. The number of allylic oxidation sites excluding steroid dienone is 2. The van der Waals surface area contributed by atoms with E-state index >= 15 is 0 Å². The largest absolute Gasteiger partial charge is 0.466 e. The summed E-state index contributed by atoms with van der Waals surface area (Å²) in [4.78, 5) is 24.5. The van der Waals surface area contributed by atoms with Crippen LogP contribution in [0.4, 0.5) is 0 Å². The minimum absolute atomic E-state index is 0.0168. The zero-order valence-electron chi connectivity index (χ0n) is 54.6. The van der Waals surface area contributed by atoms with Crippen LogP contribution >= 0.6 is 0 Å². The average molecular weight is 1130 g/mol. The Morgan fingerprint density at radius 1 is 0.338 bits per heavy atom. The first-order valence-corrected chi connectivity index (χ1v) is 36.9. The molecule has 0 saturated heterocycles. The standard InChI is InChI=1S/C74H145NO5/c1-3-5-7-9-11-13-14-15-41-45-48-52-56-60-64-68-74(79)80-69-65-61-57-53-49-46-43-40-38-36-34-32-30-28-26-24-22-20-18-16-17-19-21-23-25-27-29-31-33-35-37-39-42-44-47-51-55-59-63-67-73(78)75-71(70-76)72(77)66-62-58-54-50-12-10-8-6-4-2/h15,41,71-72,76-77H,3-14,16-40,42-70H2,1-2H3,(H,75,78)/b41-15-. The van der Waals surface area contributed by atoms with Crippen LogP contribution in [-0.2, 0) is 14.3 Å². The normalized spacial score (nSPS) is 12.5. The Morgan fingerprint density at radius 2 is 0.588 bits per heavy atom. The zero-order valence-corrected chi connectivity index (χ0v) is 54.6. The molecular formula is C74H145NO5. The quantitative estimate of drug-likeness (QED) is 0.0320. The molecule has 0 heterocycles. The molecule has 2 unspecified atom stereocenters. The van der Waals surface area contributed by atoms with Crippen LogP contribution in [0.3, 0.4) is 0 Å². The average Bonchev–Trinajstić information content (AvgIpc) is 3.46. The second kappa shape index (κ2) is 70.1. The molecular weight excluding hydrogens is 983 g/mol. The molecule has 0 saturated carbocycles. The fraction of sp³-hybridized carbons (Fsp3) is 0.946. The fourth-order valence-electron chi connectivity index (χ4n) is 11.9. The number of aliphatic hydroxyl groups excluding tert-OH is 2. The van der Waals surface area contributed by atoms with Gasteiger partial charge in [-0.15, -0.1) is 0 Å². The highest BCUT2D eigenvalue weighted by atomic mass is 16.5. The Balaban J connectivity index is 3.25. The molecule has 476 valence electrons. The highest BCUT2D eigenvalue weighted by Crippen LogP contribution is 2.20. The number of esters is 1. The van der Waals surface area contributed by atoms with Crippen molar-refractivity contribution in [2.45, 2.75) is 437 Å². The first-order chi connectivity index (χ1) is 39.5. The number of unbranched alkanes of at least 4 members (excludes halogenated alkanes) is 57. The van der Waals surface area contributed by atoms with E-state index < -0.39 is 12.1 Å². The van der Waals surface area contributed by atoms with Crippen molar-refractivity contribution in [2.75, 3.05) is 13.2 Å². The molecule has 0 radical (unpaired) electrons. The monoisotopic (exact) mass is 1130 g/mol. The molecule has 0 aromatic heterocycles. The van der Waals surface area contributed by atoms with Gasteiger partial charge < -0.3 is 20.3 Å². The minimum atomic E-state index is -0.657. The van der Waals surface area contributed by atoms with E-state index in [9.17, 15) is 19.8 Å². The number of carbonyl (C=O) groups is 2. The second-order valence-corrected chi connectivity index (χ2v) is 25.6. The summed E-state index contributed by atoms with van der Waals surface area (Å²) in [5.74, 6) is -0.0121. The van der Waals surface area contributed by atoms with Gasteiger partial charge in [0.2, 0.25) is 5.91 Å². The molecule has 6 nitrogen and oxygen atoms in total. The van der Waals surface area contributed by atoms with Gasteiger partial charge >= 0.3 is 5.97 Å². The number of aliphatic hydroxyl groups is 2. The Labute approximate surface area is 501 Å². The van der Waals surface area contributed by atoms with Crippen molar-refractivity contribution in [3.8, 4) is 0 Å². The second-order valence-electron chi connectivity index (χ2n) is 25.6. The number of ether oxygens (including phenoxy) is 1. The molecule has 0 fully saturated rings. The molecule has 0 aromatic carbocycles. The van der Waals surface area contributed by atoms with Crippen molar-refractivity contribution in [1.29, 1.82) is 0 Å². The van der Waals surface area contributed by atoms with Gasteiger partial charge in [-0.05, 0) is 51.4 Å². The van der Waals surface area contributed by atoms with Crippen LogP contribution in [0.2, 0.25) is 0 Å². The SMILES string of the molecule is CCCCCCCC/C=C\CCCCCCCC(=O)OCCCCCCCCCCCCCCCCCCCCCCCCCCCCCCCCCCCCCCCCCC(=O)NC(CO)C(O)CCCCCCCCCCC. The summed E-state index contributed by atoms with van der Waals surface area (Å²) in [6.45, 7) is 4.96. The molecule has 0 aliphatic rings. The van der Waals surface area contributed by atoms with Gasteiger partial charge in [-0.3, -0.25) is 9.59 Å². The Kier molecular flexibility index (Phi) is 68.9. The highest BCUT2D eigenvalue weighted by Gasteiger charge is 2.20. The Morgan fingerprint density at radius 3 is 0.887 bits per heavy atom. The van der Waals surface area contributed by atoms with Crippen molar-refractivity contribution < 1.29 is 24.5 Å². The maximum Gasteiger partial charge on any atom is 0.305 e. The third-order valence-electron chi connectivity index (χ3n) is 17.6. The molecule has 6 heteroatoms. The lowest BCUT2D eigenvalue weighted by Gasteiger charge is -2.22. The molecule has 0 bridgehead atoms. The summed E-state index contributed by atoms with van der Waals surface area (Å²) in [6.07, 6.45) is 87.4. The molecule has 80 heavy (non-hydrogen) atoms. The summed E-state index contributed by atoms with van der Waals surface area (Å²) < 4.78 is 5.50. The van der Waals surface area contributed by atoms with E-state index in [-0.39, 0.29) is 18.5 Å². The summed E-state index contributed by atoms with van der Waals surface area (Å²) in [7, 11) is 0. The van der Waals surface area contributed by atoms with Crippen LogP contribution in [0.5, 0.6) is 0 Å². The maximum absolute atomic E-state index is 12.4. The summed E-state index contributed by atoms with van der Waals surface area (Å²) in [5, 5.41) is 23.2. The molecule has 2 atom stereocenters. The topological polar surface area (TPSA) is 95.9 Å². The minimum Gasteiger partial charge on any atom is -0.466 e. The molecule has 0 aliphatic heterocycles.